The van der Waals surface area contributed by atoms with E-state index in [9.17, 15) is 5.11 Å². The SMILES string of the molecule is CCc1nc(N)c(C)c(NCC(O)C(CC)CC)n1. The number of nitrogens with one attached hydrogen (secondary N) is 1. The molecule has 0 bridgehead atoms. The maximum absolute atomic E-state index is 10.1. The highest BCUT2D eigenvalue weighted by Gasteiger charge is 2.16. The molecule has 0 fully saturated rings. The summed E-state index contributed by atoms with van der Waals surface area (Å²) in [5.74, 6) is 2.28. The molecule has 5 nitrogen and oxygen atoms in total. The van der Waals surface area contributed by atoms with Crippen molar-refractivity contribution in [3.63, 3.8) is 0 Å². The molecule has 0 aliphatic heterocycles. The summed E-state index contributed by atoms with van der Waals surface area (Å²) in [6.07, 6.45) is 2.33. The van der Waals surface area contributed by atoms with Crippen molar-refractivity contribution < 1.29 is 5.11 Å². The van der Waals surface area contributed by atoms with Crippen molar-refractivity contribution in [2.75, 3.05) is 17.6 Å². The minimum Gasteiger partial charge on any atom is -0.391 e. The van der Waals surface area contributed by atoms with E-state index in [1.54, 1.807) is 0 Å². The second-order valence-electron chi connectivity index (χ2n) is 4.88. The number of aromatic nitrogens is 2. The van der Waals surface area contributed by atoms with Crippen molar-refractivity contribution in [1.29, 1.82) is 0 Å². The highest BCUT2D eigenvalue weighted by atomic mass is 16.3. The third-order valence-electron chi connectivity index (χ3n) is 3.62. The lowest BCUT2D eigenvalue weighted by Gasteiger charge is -2.21. The van der Waals surface area contributed by atoms with Gasteiger partial charge in [0.05, 0.1) is 6.10 Å². The van der Waals surface area contributed by atoms with Crippen LogP contribution in [-0.4, -0.2) is 27.7 Å². The zero-order valence-corrected chi connectivity index (χ0v) is 12.4. The first-order valence-corrected chi connectivity index (χ1v) is 7.08. The summed E-state index contributed by atoms with van der Waals surface area (Å²) in [5.41, 5.74) is 6.70. The van der Waals surface area contributed by atoms with Crippen LogP contribution in [0.15, 0.2) is 0 Å². The quantitative estimate of drug-likeness (QED) is 0.704. The van der Waals surface area contributed by atoms with Crippen LogP contribution in [0.1, 0.15) is 45.0 Å². The summed E-state index contributed by atoms with van der Waals surface area (Å²) >= 11 is 0. The van der Waals surface area contributed by atoms with Gasteiger partial charge in [0, 0.05) is 18.5 Å². The van der Waals surface area contributed by atoms with Gasteiger partial charge in [0.1, 0.15) is 17.5 Å². The average Bonchev–Trinajstić information content (AvgIpc) is 2.41. The lowest BCUT2D eigenvalue weighted by atomic mass is 9.96. The van der Waals surface area contributed by atoms with E-state index < -0.39 is 0 Å². The largest absolute Gasteiger partial charge is 0.391 e. The number of aliphatic hydroxyl groups excluding tert-OH is 1. The molecular formula is C14H26N4O. The molecule has 1 unspecified atom stereocenters. The van der Waals surface area contributed by atoms with Crippen LogP contribution in [0, 0.1) is 12.8 Å². The summed E-state index contributed by atoms with van der Waals surface area (Å²) in [4.78, 5) is 8.63. The van der Waals surface area contributed by atoms with Crippen LogP contribution < -0.4 is 11.1 Å². The zero-order valence-electron chi connectivity index (χ0n) is 12.4. The highest BCUT2D eigenvalue weighted by Crippen LogP contribution is 2.19. The maximum Gasteiger partial charge on any atom is 0.134 e. The van der Waals surface area contributed by atoms with Gasteiger partial charge >= 0.3 is 0 Å². The molecule has 0 aliphatic carbocycles. The monoisotopic (exact) mass is 266 g/mol. The van der Waals surface area contributed by atoms with Gasteiger partial charge in [-0.3, -0.25) is 0 Å². The molecule has 1 aromatic rings. The van der Waals surface area contributed by atoms with Crippen molar-refractivity contribution in [3.05, 3.63) is 11.4 Å². The fraction of sp³-hybridized carbons (Fsp3) is 0.714. The van der Waals surface area contributed by atoms with Crippen LogP contribution in [0.25, 0.3) is 0 Å². The van der Waals surface area contributed by atoms with E-state index in [4.69, 9.17) is 5.73 Å². The number of aryl methyl sites for hydroxylation is 1. The number of hydrogen-bond acceptors (Lipinski definition) is 5. The van der Waals surface area contributed by atoms with Gasteiger partial charge in [0.2, 0.25) is 0 Å². The Morgan fingerprint density at radius 1 is 1.21 bits per heavy atom. The van der Waals surface area contributed by atoms with E-state index in [2.05, 4.69) is 29.1 Å². The van der Waals surface area contributed by atoms with Crippen molar-refractivity contribution >= 4 is 11.6 Å². The summed E-state index contributed by atoms with van der Waals surface area (Å²) < 4.78 is 0. The van der Waals surface area contributed by atoms with Crippen molar-refractivity contribution in [2.45, 2.75) is 53.1 Å². The van der Waals surface area contributed by atoms with Crippen LogP contribution in [0.2, 0.25) is 0 Å². The van der Waals surface area contributed by atoms with Crippen molar-refractivity contribution in [2.24, 2.45) is 5.92 Å². The number of aliphatic hydroxyl groups is 1. The molecule has 0 aromatic carbocycles. The minimum atomic E-state index is -0.365. The van der Waals surface area contributed by atoms with E-state index >= 15 is 0 Å². The minimum absolute atomic E-state index is 0.317. The highest BCUT2D eigenvalue weighted by molar-refractivity contribution is 5.54. The third kappa shape index (κ3) is 4.06. The van der Waals surface area contributed by atoms with Gasteiger partial charge < -0.3 is 16.2 Å². The van der Waals surface area contributed by atoms with Crippen LogP contribution in [0.3, 0.4) is 0 Å². The number of hydrogen-bond donors (Lipinski definition) is 3. The van der Waals surface area contributed by atoms with E-state index in [0.29, 0.717) is 18.3 Å². The molecule has 4 N–H and O–H groups in total. The molecule has 0 radical (unpaired) electrons. The Bertz CT molecular complexity index is 405. The first-order valence-electron chi connectivity index (χ1n) is 7.08. The van der Waals surface area contributed by atoms with Gasteiger partial charge in [-0.1, -0.05) is 33.6 Å². The molecule has 108 valence electrons. The Kier molecular flexibility index (Phi) is 6.02. The molecule has 1 heterocycles. The van der Waals surface area contributed by atoms with E-state index in [1.807, 2.05) is 13.8 Å². The topological polar surface area (TPSA) is 84.1 Å². The molecule has 1 atom stereocenters. The Hall–Kier alpha value is -1.36. The fourth-order valence-electron chi connectivity index (χ4n) is 2.11. The lowest BCUT2D eigenvalue weighted by Crippen LogP contribution is -2.28. The molecule has 0 spiro atoms. The van der Waals surface area contributed by atoms with Gasteiger partial charge in [0.15, 0.2) is 0 Å². The summed E-state index contributed by atoms with van der Waals surface area (Å²) in [6.45, 7) is 8.57. The second kappa shape index (κ2) is 7.28. The number of anilines is 2. The van der Waals surface area contributed by atoms with Gasteiger partial charge in [-0.25, -0.2) is 9.97 Å². The molecule has 0 amide bonds. The van der Waals surface area contributed by atoms with Crippen LogP contribution >= 0.6 is 0 Å². The van der Waals surface area contributed by atoms with E-state index in [-0.39, 0.29) is 6.10 Å². The van der Waals surface area contributed by atoms with E-state index in [1.165, 1.54) is 0 Å². The van der Waals surface area contributed by atoms with Crippen LogP contribution in [-0.2, 0) is 6.42 Å². The van der Waals surface area contributed by atoms with Crippen molar-refractivity contribution in [3.8, 4) is 0 Å². The third-order valence-corrected chi connectivity index (χ3v) is 3.62. The standard InChI is InChI=1S/C14H26N4O/c1-5-10(6-2)11(19)8-16-14-9(4)13(15)17-12(7-3)18-14/h10-11,19H,5-8H2,1-4H3,(H3,15,16,17,18). The fourth-order valence-corrected chi connectivity index (χ4v) is 2.11. The molecule has 1 rings (SSSR count). The maximum atomic E-state index is 10.1. The van der Waals surface area contributed by atoms with Crippen molar-refractivity contribution in [1.82, 2.24) is 9.97 Å². The summed E-state index contributed by atoms with van der Waals surface area (Å²) in [6, 6.07) is 0. The molecule has 19 heavy (non-hydrogen) atoms. The molecular weight excluding hydrogens is 240 g/mol. The number of rotatable bonds is 7. The van der Waals surface area contributed by atoms with Crippen LogP contribution in [0.4, 0.5) is 11.6 Å². The first-order chi connectivity index (χ1) is 9.03. The summed E-state index contributed by atoms with van der Waals surface area (Å²) in [7, 11) is 0. The Balaban J connectivity index is 2.74. The average molecular weight is 266 g/mol. The number of nitrogens with zero attached hydrogens (tertiary/aromatic N) is 2. The summed E-state index contributed by atoms with van der Waals surface area (Å²) in [5, 5.41) is 13.3. The number of nitrogen functional groups attached to an aromatic ring is 1. The smallest absolute Gasteiger partial charge is 0.134 e. The molecule has 5 heteroatoms. The predicted octanol–water partition coefficient (Wildman–Crippen LogP) is 2.14. The normalized spacial score (nSPS) is 12.7. The predicted molar refractivity (Wildman–Crippen MR) is 79.1 cm³/mol. The Labute approximate surface area is 115 Å². The van der Waals surface area contributed by atoms with Crippen LogP contribution in [0.5, 0.6) is 0 Å². The molecule has 0 aliphatic rings. The lowest BCUT2D eigenvalue weighted by molar-refractivity contribution is 0.114. The van der Waals surface area contributed by atoms with Gasteiger partial charge in [-0.15, -0.1) is 0 Å². The molecule has 0 saturated carbocycles. The number of nitrogens with two attached hydrogens (primary N) is 1. The molecule has 1 aromatic heterocycles. The Morgan fingerprint density at radius 3 is 2.37 bits per heavy atom. The van der Waals surface area contributed by atoms with Gasteiger partial charge in [0.25, 0.3) is 0 Å². The molecule has 0 saturated heterocycles. The first kappa shape index (κ1) is 15.7. The second-order valence-corrected chi connectivity index (χ2v) is 4.88. The van der Waals surface area contributed by atoms with Gasteiger partial charge in [-0.2, -0.15) is 0 Å². The zero-order chi connectivity index (χ0) is 14.4. The van der Waals surface area contributed by atoms with Gasteiger partial charge in [-0.05, 0) is 12.8 Å². The van der Waals surface area contributed by atoms with E-state index in [0.717, 1.165) is 36.5 Å². The Morgan fingerprint density at radius 2 is 1.84 bits per heavy atom.